The van der Waals surface area contributed by atoms with Crippen molar-refractivity contribution in [3.8, 4) is 0 Å². The molecular formula is C20H22ClFN2O5S. The van der Waals surface area contributed by atoms with Gasteiger partial charge in [0.15, 0.2) is 6.10 Å². The number of esters is 1. The summed E-state index contributed by atoms with van der Waals surface area (Å²) in [6, 6.07) is 8.79. The first-order chi connectivity index (χ1) is 14.1. The Balaban J connectivity index is 2.18. The van der Waals surface area contributed by atoms with E-state index in [1.54, 1.807) is 13.8 Å². The monoisotopic (exact) mass is 456 g/mol. The zero-order chi connectivity index (χ0) is 22.5. The van der Waals surface area contributed by atoms with E-state index in [9.17, 15) is 22.4 Å². The van der Waals surface area contributed by atoms with Crippen molar-refractivity contribution in [3.05, 3.63) is 58.9 Å². The minimum Gasteiger partial charge on any atom is -0.449 e. The van der Waals surface area contributed by atoms with Crippen molar-refractivity contribution >= 4 is 39.2 Å². The van der Waals surface area contributed by atoms with Gasteiger partial charge < -0.3 is 10.1 Å². The Morgan fingerprint density at radius 1 is 1.13 bits per heavy atom. The van der Waals surface area contributed by atoms with Crippen LogP contribution < -0.4 is 5.32 Å². The summed E-state index contributed by atoms with van der Waals surface area (Å²) in [6.07, 6.45) is -1.21. The number of hydrogen-bond acceptors (Lipinski definition) is 5. The summed E-state index contributed by atoms with van der Waals surface area (Å²) in [5, 5.41) is 2.48. The van der Waals surface area contributed by atoms with E-state index in [1.807, 2.05) is 0 Å². The highest BCUT2D eigenvalue weighted by atomic mass is 35.5. The fourth-order valence-electron chi connectivity index (χ4n) is 2.59. The minimum absolute atomic E-state index is 0.00959. The van der Waals surface area contributed by atoms with E-state index in [0.29, 0.717) is 5.69 Å². The Kier molecular flexibility index (Phi) is 7.94. The molecule has 0 heterocycles. The molecule has 1 amide bonds. The van der Waals surface area contributed by atoms with E-state index in [2.05, 4.69) is 5.32 Å². The second-order valence-electron chi connectivity index (χ2n) is 6.27. The molecule has 7 nitrogen and oxygen atoms in total. The molecule has 0 aliphatic rings. The van der Waals surface area contributed by atoms with Crippen LogP contribution in [0.2, 0.25) is 5.02 Å². The van der Waals surface area contributed by atoms with Crippen LogP contribution in [0.15, 0.2) is 47.4 Å². The van der Waals surface area contributed by atoms with Crippen molar-refractivity contribution in [2.45, 2.75) is 31.8 Å². The normalized spacial score (nSPS) is 12.5. The number of amides is 1. The molecule has 1 N–H and O–H groups in total. The maximum Gasteiger partial charge on any atom is 0.340 e. The van der Waals surface area contributed by atoms with E-state index in [4.69, 9.17) is 16.3 Å². The molecule has 0 aliphatic heterocycles. The fourth-order valence-corrected chi connectivity index (χ4v) is 4.27. The van der Waals surface area contributed by atoms with E-state index >= 15 is 0 Å². The summed E-state index contributed by atoms with van der Waals surface area (Å²) >= 11 is 6.05. The molecule has 0 saturated carbocycles. The predicted molar refractivity (Wildman–Crippen MR) is 111 cm³/mol. The molecule has 2 rings (SSSR count). The first kappa shape index (κ1) is 23.8. The number of hydrogen-bond donors (Lipinski definition) is 1. The highest BCUT2D eigenvalue weighted by Gasteiger charge is 2.26. The van der Waals surface area contributed by atoms with Crippen LogP contribution >= 0.6 is 11.6 Å². The number of rotatable bonds is 8. The second kappa shape index (κ2) is 10.0. The summed E-state index contributed by atoms with van der Waals surface area (Å²) in [4.78, 5) is 24.6. The number of anilines is 1. The van der Waals surface area contributed by atoms with Gasteiger partial charge in [-0.05, 0) is 49.4 Å². The number of sulfonamides is 1. The van der Waals surface area contributed by atoms with Crippen molar-refractivity contribution < 1.29 is 27.1 Å². The van der Waals surface area contributed by atoms with Gasteiger partial charge in [-0.1, -0.05) is 25.4 Å². The molecule has 0 saturated heterocycles. The zero-order valence-electron chi connectivity index (χ0n) is 16.7. The highest BCUT2D eigenvalue weighted by Crippen LogP contribution is 2.24. The molecule has 2 aromatic carbocycles. The maximum atomic E-state index is 13.0. The molecule has 1 unspecified atom stereocenters. The van der Waals surface area contributed by atoms with E-state index in [-0.39, 0.29) is 28.6 Å². The van der Waals surface area contributed by atoms with Crippen molar-refractivity contribution in [1.29, 1.82) is 0 Å². The molecule has 0 radical (unpaired) electrons. The number of carbonyl (C=O) groups excluding carboxylic acids is 2. The van der Waals surface area contributed by atoms with Crippen LogP contribution in [-0.4, -0.2) is 43.8 Å². The summed E-state index contributed by atoms with van der Waals surface area (Å²) < 4.78 is 44.7. The zero-order valence-corrected chi connectivity index (χ0v) is 18.3. The van der Waals surface area contributed by atoms with Crippen molar-refractivity contribution in [1.82, 2.24) is 4.31 Å². The van der Waals surface area contributed by atoms with Gasteiger partial charge in [0, 0.05) is 18.8 Å². The van der Waals surface area contributed by atoms with Crippen LogP contribution in [0.3, 0.4) is 0 Å². The highest BCUT2D eigenvalue weighted by molar-refractivity contribution is 7.89. The van der Waals surface area contributed by atoms with Gasteiger partial charge in [-0.25, -0.2) is 17.6 Å². The molecule has 162 valence electrons. The lowest BCUT2D eigenvalue weighted by molar-refractivity contribution is -0.123. The SMILES string of the molecule is CCN(CC)S(=O)(=O)c1ccc(Cl)c(C(=O)OC(C)C(=O)Nc2ccc(F)cc2)c1. The minimum atomic E-state index is -3.81. The third-order valence-electron chi connectivity index (χ3n) is 4.27. The van der Waals surface area contributed by atoms with Gasteiger partial charge in [0.25, 0.3) is 5.91 Å². The average molecular weight is 457 g/mol. The summed E-state index contributed by atoms with van der Waals surface area (Å²) in [5.74, 6) is -2.04. The smallest absolute Gasteiger partial charge is 0.340 e. The second-order valence-corrected chi connectivity index (χ2v) is 8.62. The molecule has 0 spiro atoms. The van der Waals surface area contributed by atoms with Gasteiger partial charge in [0.1, 0.15) is 5.82 Å². The number of carbonyl (C=O) groups is 2. The summed E-state index contributed by atoms with van der Waals surface area (Å²) in [5.41, 5.74) is 0.154. The lowest BCUT2D eigenvalue weighted by Crippen LogP contribution is -2.31. The number of halogens is 2. The third-order valence-corrected chi connectivity index (χ3v) is 6.64. The van der Waals surface area contributed by atoms with Gasteiger partial charge in [0.05, 0.1) is 15.5 Å². The predicted octanol–water partition coefficient (Wildman–Crippen LogP) is 3.69. The van der Waals surface area contributed by atoms with Crippen LogP contribution in [0.5, 0.6) is 0 Å². The van der Waals surface area contributed by atoms with Crippen molar-refractivity contribution in [3.63, 3.8) is 0 Å². The maximum absolute atomic E-state index is 13.0. The fraction of sp³-hybridized carbons (Fsp3) is 0.300. The first-order valence-corrected chi connectivity index (χ1v) is 11.0. The molecule has 2 aromatic rings. The van der Waals surface area contributed by atoms with Crippen LogP contribution in [0.25, 0.3) is 0 Å². The third kappa shape index (κ3) is 5.56. The lowest BCUT2D eigenvalue weighted by atomic mass is 10.2. The number of nitrogens with one attached hydrogen (secondary N) is 1. The lowest BCUT2D eigenvalue weighted by Gasteiger charge is -2.19. The largest absolute Gasteiger partial charge is 0.449 e. The Bertz CT molecular complexity index is 1020. The quantitative estimate of drug-likeness (QED) is 0.611. The van der Waals surface area contributed by atoms with Crippen LogP contribution in [-0.2, 0) is 19.6 Å². The Morgan fingerprint density at radius 2 is 1.73 bits per heavy atom. The molecule has 0 bridgehead atoms. The van der Waals surface area contributed by atoms with Crippen molar-refractivity contribution in [2.75, 3.05) is 18.4 Å². The van der Waals surface area contributed by atoms with Gasteiger partial charge >= 0.3 is 5.97 Å². The van der Waals surface area contributed by atoms with E-state index in [0.717, 1.165) is 6.07 Å². The molecular weight excluding hydrogens is 435 g/mol. The standard InChI is InChI=1S/C20H22ClFN2O5S/c1-4-24(5-2)30(27,28)16-10-11-18(21)17(12-16)20(26)29-13(3)19(25)23-15-8-6-14(22)7-9-15/h6-13H,4-5H2,1-3H3,(H,23,25). The Morgan fingerprint density at radius 3 is 2.30 bits per heavy atom. The average Bonchev–Trinajstić information content (AvgIpc) is 2.70. The van der Waals surface area contributed by atoms with Gasteiger partial charge in [-0.3, -0.25) is 4.79 Å². The van der Waals surface area contributed by atoms with Gasteiger partial charge in [-0.2, -0.15) is 4.31 Å². The molecule has 1 atom stereocenters. The Hall–Kier alpha value is -2.49. The Labute approximate surface area is 179 Å². The number of benzene rings is 2. The molecule has 0 aromatic heterocycles. The molecule has 10 heteroatoms. The van der Waals surface area contributed by atoms with E-state index < -0.39 is 33.8 Å². The molecule has 0 aliphatic carbocycles. The van der Waals surface area contributed by atoms with Gasteiger partial charge in [0.2, 0.25) is 10.0 Å². The van der Waals surface area contributed by atoms with Crippen LogP contribution in [0.4, 0.5) is 10.1 Å². The van der Waals surface area contributed by atoms with E-state index in [1.165, 1.54) is 47.6 Å². The van der Waals surface area contributed by atoms with Gasteiger partial charge in [-0.15, -0.1) is 0 Å². The van der Waals surface area contributed by atoms with Crippen LogP contribution in [0.1, 0.15) is 31.1 Å². The summed E-state index contributed by atoms with van der Waals surface area (Å²) in [6.45, 7) is 5.28. The number of ether oxygens (including phenoxy) is 1. The molecule has 30 heavy (non-hydrogen) atoms. The molecule has 0 fully saturated rings. The topological polar surface area (TPSA) is 92.8 Å². The summed E-state index contributed by atoms with van der Waals surface area (Å²) in [7, 11) is -3.81. The van der Waals surface area contributed by atoms with Crippen molar-refractivity contribution in [2.24, 2.45) is 0 Å². The first-order valence-electron chi connectivity index (χ1n) is 9.17. The number of nitrogens with zero attached hydrogens (tertiary/aromatic N) is 1. The van der Waals surface area contributed by atoms with Crippen LogP contribution in [0, 0.1) is 5.82 Å².